The minimum Gasteiger partial charge on any atom is -0.288 e. The molecule has 0 N–H and O–H groups in total. The van der Waals surface area contributed by atoms with E-state index >= 15 is 0 Å². The van der Waals surface area contributed by atoms with Gasteiger partial charge < -0.3 is 0 Å². The van der Waals surface area contributed by atoms with Crippen LogP contribution in [0.25, 0.3) is 6.08 Å². The summed E-state index contributed by atoms with van der Waals surface area (Å²) in [5.41, 5.74) is 1.61. The number of carbonyl (C=O) groups is 2. The zero-order valence-corrected chi connectivity index (χ0v) is 11.7. The smallest absolute Gasteiger partial charge is 0.197 e. The lowest BCUT2D eigenvalue weighted by Gasteiger charge is -2.00. The molecular formula is C16H8Cl2O2. The fraction of sp³-hybridized carbons (Fsp3) is 0. The van der Waals surface area contributed by atoms with Crippen LogP contribution in [-0.2, 0) is 0 Å². The molecule has 2 aromatic carbocycles. The number of hydrogen-bond donors (Lipinski definition) is 0. The molecule has 1 aliphatic rings. The summed E-state index contributed by atoms with van der Waals surface area (Å²) in [6.07, 6.45) is 1.52. The molecule has 98 valence electrons. The van der Waals surface area contributed by atoms with E-state index in [0.29, 0.717) is 26.7 Å². The molecule has 20 heavy (non-hydrogen) atoms. The number of rotatable bonds is 1. The minimum absolute atomic E-state index is 0.135. The van der Waals surface area contributed by atoms with Gasteiger partial charge in [-0.2, -0.15) is 0 Å². The normalized spacial score (nSPS) is 13.6. The third-order valence-electron chi connectivity index (χ3n) is 3.17. The van der Waals surface area contributed by atoms with Crippen molar-refractivity contribution in [2.24, 2.45) is 0 Å². The van der Waals surface area contributed by atoms with Gasteiger partial charge in [0.2, 0.25) is 0 Å². The molecule has 0 heterocycles. The molecule has 0 fully saturated rings. The van der Waals surface area contributed by atoms with Crippen LogP contribution in [-0.4, -0.2) is 11.6 Å². The average Bonchev–Trinajstić information content (AvgIpc) is 2.67. The van der Waals surface area contributed by atoms with Crippen molar-refractivity contribution >= 4 is 40.8 Å². The van der Waals surface area contributed by atoms with Crippen molar-refractivity contribution in [1.82, 2.24) is 0 Å². The molecule has 0 bridgehead atoms. The molecule has 0 saturated heterocycles. The maximum Gasteiger partial charge on any atom is 0.197 e. The molecule has 0 amide bonds. The van der Waals surface area contributed by atoms with E-state index in [9.17, 15) is 9.59 Å². The summed E-state index contributed by atoms with van der Waals surface area (Å²) in [5.74, 6) is -0.534. The Hall–Kier alpha value is -1.90. The maximum absolute atomic E-state index is 12.2. The van der Waals surface area contributed by atoms with Gasteiger partial charge in [0.25, 0.3) is 0 Å². The van der Waals surface area contributed by atoms with Gasteiger partial charge in [0.15, 0.2) is 11.6 Å². The largest absolute Gasteiger partial charge is 0.288 e. The molecule has 0 unspecified atom stereocenters. The fourth-order valence-electron chi connectivity index (χ4n) is 2.18. The second kappa shape index (κ2) is 4.89. The van der Waals surface area contributed by atoms with Crippen molar-refractivity contribution in [3.05, 3.63) is 74.8 Å². The van der Waals surface area contributed by atoms with Crippen molar-refractivity contribution in [2.75, 3.05) is 0 Å². The Morgan fingerprint density at radius 1 is 0.850 bits per heavy atom. The number of allylic oxidation sites excluding steroid dienone is 1. The van der Waals surface area contributed by atoms with Crippen molar-refractivity contribution in [1.29, 1.82) is 0 Å². The minimum atomic E-state index is -0.267. The highest BCUT2D eigenvalue weighted by atomic mass is 35.5. The zero-order chi connectivity index (χ0) is 14.3. The predicted molar refractivity (Wildman–Crippen MR) is 79.5 cm³/mol. The second-order valence-corrected chi connectivity index (χ2v) is 5.27. The number of ketones is 2. The Labute approximate surface area is 125 Å². The Balaban J connectivity index is 2.11. The summed E-state index contributed by atoms with van der Waals surface area (Å²) in [6.45, 7) is 0. The standard InChI is InChI=1S/C16H8Cl2O2/c17-10-6-5-9(14(18)8-10)7-13-15(19)11-3-1-2-4-12(11)16(13)20/h1-8H. The lowest BCUT2D eigenvalue weighted by molar-refractivity contribution is 0.0990. The molecule has 3 rings (SSSR count). The lowest BCUT2D eigenvalue weighted by atomic mass is 10.1. The summed E-state index contributed by atoms with van der Waals surface area (Å²) < 4.78 is 0. The fourth-order valence-corrected chi connectivity index (χ4v) is 2.64. The average molecular weight is 303 g/mol. The van der Waals surface area contributed by atoms with Crippen LogP contribution in [0.4, 0.5) is 0 Å². The maximum atomic E-state index is 12.2. The Bertz CT molecular complexity index is 739. The second-order valence-electron chi connectivity index (χ2n) is 4.43. The van der Waals surface area contributed by atoms with Crippen LogP contribution in [0.3, 0.4) is 0 Å². The molecular weight excluding hydrogens is 295 g/mol. The van der Waals surface area contributed by atoms with Crippen LogP contribution in [0.2, 0.25) is 10.0 Å². The highest BCUT2D eigenvalue weighted by Gasteiger charge is 2.32. The third kappa shape index (κ3) is 2.07. The topological polar surface area (TPSA) is 34.1 Å². The summed E-state index contributed by atoms with van der Waals surface area (Å²) >= 11 is 11.9. The van der Waals surface area contributed by atoms with E-state index in [2.05, 4.69) is 0 Å². The first-order valence-corrected chi connectivity index (χ1v) is 6.68. The number of benzene rings is 2. The molecule has 0 aromatic heterocycles. The van der Waals surface area contributed by atoms with Crippen molar-refractivity contribution in [3.8, 4) is 0 Å². The van der Waals surface area contributed by atoms with Crippen LogP contribution in [0.15, 0.2) is 48.0 Å². The number of hydrogen-bond acceptors (Lipinski definition) is 2. The van der Waals surface area contributed by atoms with Crippen LogP contribution >= 0.6 is 23.2 Å². The van der Waals surface area contributed by atoms with Crippen LogP contribution in [0.1, 0.15) is 26.3 Å². The van der Waals surface area contributed by atoms with Gasteiger partial charge in [-0.25, -0.2) is 0 Å². The molecule has 2 aromatic rings. The third-order valence-corrected chi connectivity index (χ3v) is 3.73. The zero-order valence-electron chi connectivity index (χ0n) is 10.2. The van der Waals surface area contributed by atoms with E-state index in [1.54, 1.807) is 42.5 Å². The van der Waals surface area contributed by atoms with Gasteiger partial charge in [0.1, 0.15) is 0 Å². The van der Waals surface area contributed by atoms with Crippen molar-refractivity contribution < 1.29 is 9.59 Å². The van der Waals surface area contributed by atoms with E-state index in [1.807, 2.05) is 0 Å². The van der Waals surface area contributed by atoms with E-state index < -0.39 is 0 Å². The van der Waals surface area contributed by atoms with Crippen LogP contribution in [0, 0.1) is 0 Å². The molecule has 0 radical (unpaired) electrons. The summed E-state index contributed by atoms with van der Waals surface area (Å²) in [4.78, 5) is 24.5. The van der Waals surface area contributed by atoms with Gasteiger partial charge >= 0.3 is 0 Å². The Morgan fingerprint density at radius 3 is 2.00 bits per heavy atom. The molecule has 0 saturated carbocycles. The highest BCUT2D eigenvalue weighted by molar-refractivity contribution is 6.42. The SMILES string of the molecule is O=C1C(=Cc2ccc(Cl)cc2Cl)C(=O)c2ccccc21. The van der Waals surface area contributed by atoms with Crippen LogP contribution < -0.4 is 0 Å². The predicted octanol–water partition coefficient (Wildman–Crippen LogP) is 4.46. The quantitative estimate of drug-likeness (QED) is 0.576. The lowest BCUT2D eigenvalue weighted by Crippen LogP contribution is -2.00. The van der Waals surface area contributed by atoms with Gasteiger partial charge in [0, 0.05) is 21.2 Å². The van der Waals surface area contributed by atoms with Crippen molar-refractivity contribution in [3.63, 3.8) is 0 Å². The molecule has 0 atom stereocenters. The number of Topliss-reactive ketones (excluding diaryl/α,β-unsaturated/α-hetero) is 2. The Morgan fingerprint density at radius 2 is 1.45 bits per heavy atom. The van der Waals surface area contributed by atoms with E-state index in [4.69, 9.17) is 23.2 Å². The van der Waals surface area contributed by atoms with Crippen LogP contribution in [0.5, 0.6) is 0 Å². The van der Waals surface area contributed by atoms with Gasteiger partial charge in [-0.15, -0.1) is 0 Å². The summed E-state index contributed by atoms with van der Waals surface area (Å²) in [6, 6.07) is 11.7. The van der Waals surface area contributed by atoms with Gasteiger partial charge in [-0.3, -0.25) is 9.59 Å². The first kappa shape index (κ1) is 13.1. The summed E-state index contributed by atoms with van der Waals surface area (Å²) in [7, 11) is 0. The first-order valence-electron chi connectivity index (χ1n) is 5.93. The summed E-state index contributed by atoms with van der Waals surface area (Å²) in [5, 5.41) is 0.908. The molecule has 0 spiro atoms. The Kier molecular flexibility index (Phi) is 3.20. The first-order chi connectivity index (χ1) is 9.58. The molecule has 1 aliphatic carbocycles. The monoisotopic (exact) mass is 302 g/mol. The highest BCUT2D eigenvalue weighted by Crippen LogP contribution is 2.30. The van der Waals surface area contributed by atoms with Gasteiger partial charge in [-0.1, -0.05) is 53.5 Å². The van der Waals surface area contributed by atoms with Gasteiger partial charge in [0.05, 0.1) is 5.57 Å². The van der Waals surface area contributed by atoms with E-state index in [1.165, 1.54) is 6.08 Å². The molecule has 4 heteroatoms. The molecule has 2 nitrogen and oxygen atoms in total. The number of fused-ring (bicyclic) bond motifs is 1. The van der Waals surface area contributed by atoms with Gasteiger partial charge in [-0.05, 0) is 23.8 Å². The molecule has 0 aliphatic heterocycles. The van der Waals surface area contributed by atoms with E-state index in [0.717, 1.165) is 0 Å². The van der Waals surface area contributed by atoms with Crippen molar-refractivity contribution in [2.45, 2.75) is 0 Å². The van der Waals surface area contributed by atoms with E-state index in [-0.39, 0.29) is 17.1 Å². The number of halogens is 2. The number of carbonyl (C=O) groups excluding carboxylic acids is 2.